The number of hydrogen-bond donors (Lipinski definition) is 0. The van der Waals surface area contributed by atoms with Crippen LogP contribution in [0.15, 0.2) is 10.2 Å². The van der Waals surface area contributed by atoms with Gasteiger partial charge in [-0.2, -0.15) is 0 Å². The first kappa shape index (κ1) is 19.0. The molecule has 0 N–H and O–H groups in total. The molecule has 0 rings (SSSR count). The van der Waals surface area contributed by atoms with Crippen LogP contribution in [-0.2, 0) is 9.57 Å². The predicted molar refractivity (Wildman–Crippen MR) is 69.3 cm³/mol. The molecule has 122 valence electrons. The molecule has 0 aliphatic rings. The second-order valence-electron chi connectivity index (χ2n) is 3.81. The van der Waals surface area contributed by atoms with Gasteiger partial charge in [-0.25, -0.2) is 10.1 Å². The van der Waals surface area contributed by atoms with Crippen molar-refractivity contribution in [3.05, 3.63) is 41.1 Å². The van der Waals surface area contributed by atoms with Crippen LogP contribution in [-0.4, -0.2) is 60.6 Å². The highest BCUT2D eigenvalue weighted by Crippen LogP contribution is 2.03. The van der Waals surface area contributed by atoms with Crippen molar-refractivity contribution in [1.29, 1.82) is 0 Å². The summed E-state index contributed by atoms with van der Waals surface area (Å²) in [4.78, 5) is 30.1. The topological polar surface area (TPSA) is 206 Å². The summed E-state index contributed by atoms with van der Waals surface area (Å²) < 4.78 is 5.18. The maximum absolute atomic E-state index is 10.5. The van der Waals surface area contributed by atoms with E-state index in [2.05, 4.69) is 24.9 Å². The van der Waals surface area contributed by atoms with Gasteiger partial charge < -0.3 is 9.57 Å². The molecule has 0 saturated heterocycles. The monoisotopic (exact) mass is 319 g/mol. The van der Waals surface area contributed by atoms with Crippen LogP contribution in [0.5, 0.6) is 0 Å². The fourth-order valence-corrected chi connectivity index (χ4v) is 1.26. The van der Waals surface area contributed by atoms with E-state index in [1.165, 1.54) is 0 Å². The summed E-state index contributed by atoms with van der Waals surface area (Å²) in [5.41, 5.74) is 16.4. The highest BCUT2D eigenvalue weighted by molar-refractivity contribution is 4.68. The molecule has 0 spiro atoms. The number of azide groups is 2. The molecule has 0 fully saturated rings. The fraction of sp³-hybridized carbons (Fsp3) is 1.00. The van der Waals surface area contributed by atoms with Crippen molar-refractivity contribution in [3.8, 4) is 0 Å². The van der Waals surface area contributed by atoms with Gasteiger partial charge in [-0.3, -0.25) is 0 Å². The molecule has 0 amide bonds. The van der Waals surface area contributed by atoms with E-state index in [4.69, 9.17) is 15.8 Å². The zero-order valence-corrected chi connectivity index (χ0v) is 11.5. The van der Waals surface area contributed by atoms with Crippen LogP contribution < -0.4 is 0 Å². The van der Waals surface area contributed by atoms with Gasteiger partial charge >= 0.3 is 0 Å². The summed E-state index contributed by atoms with van der Waals surface area (Å²) in [6.07, 6.45) is -2.07. The summed E-state index contributed by atoms with van der Waals surface area (Å²) in [6, 6.07) is 0. The Bertz CT molecular complexity index is 453. The predicted octanol–water partition coefficient (Wildman–Crippen LogP) is 0.693. The van der Waals surface area contributed by atoms with E-state index in [0.717, 1.165) is 7.05 Å². The Morgan fingerprint density at radius 3 is 2.14 bits per heavy atom. The van der Waals surface area contributed by atoms with Crippen molar-refractivity contribution in [2.45, 2.75) is 12.2 Å². The first-order valence-electron chi connectivity index (χ1n) is 5.70. The minimum Gasteiger partial charge on any atom is -0.376 e. The molecule has 0 aromatic rings. The SMILES string of the molecule is CN(CC(COC(CN=[N+]=[N-])CN=[N+]=[N-])O[N+](=O)[O-])[N+](=O)[O-]. The minimum absolute atomic E-state index is 0.175. The molecule has 1 atom stereocenters. The van der Waals surface area contributed by atoms with E-state index in [1.807, 2.05) is 0 Å². The lowest BCUT2D eigenvalue weighted by atomic mass is 10.3. The fourth-order valence-electron chi connectivity index (χ4n) is 1.26. The highest BCUT2D eigenvalue weighted by atomic mass is 17.0. The lowest BCUT2D eigenvalue weighted by Gasteiger charge is -2.20. The van der Waals surface area contributed by atoms with Crippen LogP contribution in [0.25, 0.3) is 20.9 Å². The van der Waals surface area contributed by atoms with Gasteiger partial charge in [0.2, 0.25) is 0 Å². The van der Waals surface area contributed by atoms with Crippen molar-refractivity contribution >= 4 is 0 Å². The van der Waals surface area contributed by atoms with Crippen LogP contribution in [0, 0.1) is 20.2 Å². The molecule has 15 heteroatoms. The number of hydrogen-bond acceptors (Lipinski definition) is 8. The number of hydrazine groups is 1. The number of likely N-dealkylation sites (N-methyl/N-ethyl adjacent to an activating group) is 1. The van der Waals surface area contributed by atoms with Crippen molar-refractivity contribution in [2.75, 3.05) is 33.3 Å². The average Bonchev–Trinajstić information content (AvgIpc) is 2.45. The minimum atomic E-state index is -1.25. The molecule has 1 unspecified atom stereocenters. The largest absolute Gasteiger partial charge is 0.376 e. The van der Waals surface area contributed by atoms with Gasteiger partial charge in [0.1, 0.15) is 6.54 Å². The number of nitro groups is 1. The van der Waals surface area contributed by atoms with E-state index in [1.54, 1.807) is 0 Å². The summed E-state index contributed by atoms with van der Waals surface area (Å²) in [5.74, 6) is 0. The Labute approximate surface area is 122 Å². The van der Waals surface area contributed by atoms with Gasteiger partial charge in [-0.15, -0.1) is 15.1 Å². The number of ether oxygens (including phenoxy) is 1. The Balaban J connectivity index is 4.65. The summed E-state index contributed by atoms with van der Waals surface area (Å²) >= 11 is 0. The molecular weight excluding hydrogens is 306 g/mol. The third-order valence-electron chi connectivity index (χ3n) is 2.20. The first-order chi connectivity index (χ1) is 10.4. The van der Waals surface area contributed by atoms with Crippen LogP contribution in [0.4, 0.5) is 0 Å². The molecule has 0 aliphatic carbocycles. The quantitative estimate of drug-likeness (QED) is 0.165. The van der Waals surface area contributed by atoms with Crippen LogP contribution in [0.2, 0.25) is 0 Å². The standard InChI is InChI=1S/C7H13N9O6/c1-14(15(17)18)4-7(22-16(19)20)5-21-6(2-10-12-8)3-11-13-9/h6-7H,2-5H2,1H3. The van der Waals surface area contributed by atoms with Gasteiger partial charge in [-0.1, -0.05) is 10.2 Å². The van der Waals surface area contributed by atoms with E-state index in [0.29, 0.717) is 5.01 Å². The molecule has 0 radical (unpaired) electrons. The lowest BCUT2D eigenvalue weighted by Crippen LogP contribution is -2.39. The third kappa shape index (κ3) is 8.98. The Morgan fingerprint density at radius 2 is 1.73 bits per heavy atom. The van der Waals surface area contributed by atoms with E-state index in [-0.39, 0.29) is 13.1 Å². The molecule has 0 bridgehead atoms. The highest BCUT2D eigenvalue weighted by Gasteiger charge is 2.22. The molecule has 15 nitrogen and oxygen atoms in total. The molecule has 0 saturated carbocycles. The smallest absolute Gasteiger partial charge is 0.294 e. The second kappa shape index (κ2) is 10.7. The Hall–Kier alpha value is -3.02. The second-order valence-corrected chi connectivity index (χ2v) is 3.81. The Morgan fingerprint density at radius 1 is 1.18 bits per heavy atom. The number of rotatable bonds is 12. The van der Waals surface area contributed by atoms with Crippen molar-refractivity contribution in [1.82, 2.24) is 5.01 Å². The third-order valence-corrected chi connectivity index (χ3v) is 2.20. The molecule has 0 heterocycles. The van der Waals surface area contributed by atoms with E-state index < -0.39 is 35.5 Å². The maximum atomic E-state index is 10.5. The molecule has 0 aromatic carbocycles. The van der Waals surface area contributed by atoms with Crippen molar-refractivity contribution in [3.63, 3.8) is 0 Å². The van der Waals surface area contributed by atoms with E-state index >= 15 is 0 Å². The maximum Gasteiger partial charge on any atom is 0.294 e. The first-order valence-corrected chi connectivity index (χ1v) is 5.70. The normalized spacial score (nSPS) is 12.2. The molecule has 0 aromatic heterocycles. The average molecular weight is 319 g/mol. The Kier molecular flexibility index (Phi) is 9.26. The van der Waals surface area contributed by atoms with Gasteiger partial charge in [-0.05, 0) is 11.1 Å². The number of nitrogens with zero attached hydrogens (tertiary/aromatic N) is 9. The zero-order chi connectivity index (χ0) is 17.0. The van der Waals surface area contributed by atoms with Crippen molar-refractivity contribution in [2.24, 2.45) is 10.2 Å². The molecule has 22 heavy (non-hydrogen) atoms. The van der Waals surface area contributed by atoms with Gasteiger partial charge in [0.05, 0.1) is 32.8 Å². The van der Waals surface area contributed by atoms with Crippen LogP contribution in [0.3, 0.4) is 0 Å². The van der Waals surface area contributed by atoms with Crippen LogP contribution in [0.1, 0.15) is 0 Å². The summed E-state index contributed by atoms with van der Waals surface area (Å²) in [5, 5.41) is 26.0. The van der Waals surface area contributed by atoms with E-state index in [9.17, 15) is 20.2 Å². The van der Waals surface area contributed by atoms with Gasteiger partial charge in [0.25, 0.3) is 5.09 Å². The van der Waals surface area contributed by atoms with Crippen LogP contribution >= 0.6 is 0 Å². The molecular formula is C7H13N9O6. The van der Waals surface area contributed by atoms with Gasteiger partial charge in [0, 0.05) is 9.82 Å². The van der Waals surface area contributed by atoms with Gasteiger partial charge in [0.15, 0.2) is 11.1 Å². The summed E-state index contributed by atoms with van der Waals surface area (Å²) in [7, 11) is 1.10. The van der Waals surface area contributed by atoms with Crippen molar-refractivity contribution < 1.29 is 19.7 Å². The zero-order valence-electron chi connectivity index (χ0n) is 11.5. The lowest BCUT2D eigenvalue weighted by molar-refractivity contribution is -0.772. The molecule has 0 aliphatic heterocycles. The summed E-state index contributed by atoms with van der Waals surface area (Å²) in [6.45, 7) is -1.16.